The second-order valence-corrected chi connectivity index (χ2v) is 1.72. The van der Waals surface area contributed by atoms with Crippen LogP contribution in [0, 0.1) is 7.11 Å². The Morgan fingerprint density at radius 3 is 1.83 bits per heavy atom. The van der Waals surface area contributed by atoms with E-state index in [0.717, 1.165) is 0 Å². The minimum absolute atomic E-state index is 0.681. The Bertz CT molecular complexity index is 37.3. The molecule has 2 nitrogen and oxygen atoms in total. The van der Waals surface area contributed by atoms with Crippen LogP contribution in [0.25, 0.3) is 0 Å². The molecule has 0 atom stereocenters. The molecule has 0 rings (SSSR count). The highest BCUT2D eigenvalue weighted by atomic mass is 16.5. The minimum Gasteiger partial charge on any atom is -0.353 e. The van der Waals surface area contributed by atoms with Crippen LogP contribution in [0.3, 0.4) is 0 Å². The van der Waals surface area contributed by atoms with Gasteiger partial charge < -0.3 is 10.5 Å². The molecule has 0 fully saturated rings. The lowest BCUT2D eigenvalue weighted by molar-refractivity contribution is 0.0589. The quantitative estimate of drug-likeness (QED) is 0.469. The SMILES string of the molecule is [CH]OC(C)(C)N. The fourth-order valence-corrected chi connectivity index (χ4v) is 0. The highest BCUT2D eigenvalue weighted by Crippen LogP contribution is 1.94. The Kier molecular flexibility index (Phi) is 1.56. The summed E-state index contributed by atoms with van der Waals surface area (Å²) in [6.45, 7) is 3.35. The number of hydrogen-bond acceptors (Lipinski definition) is 2. The van der Waals surface area contributed by atoms with E-state index in [1.165, 1.54) is 0 Å². The molecule has 0 unspecified atom stereocenters. The van der Waals surface area contributed by atoms with Gasteiger partial charge in [0.25, 0.3) is 0 Å². The fourth-order valence-electron chi connectivity index (χ4n) is 0. The molecule has 0 saturated carbocycles. The Hall–Kier alpha value is -0.0800. The molecular formula is C4H9NO. The van der Waals surface area contributed by atoms with E-state index in [-0.39, 0.29) is 0 Å². The molecule has 0 amide bonds. The number of hydrogen-bond donors (Lipinski definition) is 1. The van der Waals surface area contributed by atoms with Crippen molar-refractivity contribution < 1.29 is 4.74 Å². The van der Waals surface area contributed by atoms with E-state index in [4.69, 9.17) is 5.73 Å². The topological polar surface area (TPSA) is 35.2 Å². The summed E-state index contributed by atoms with van der Waals surface area (Å²) in [6.07, 6.45) is 0. The third-order valence-electron chi connectivity index (χ3n) is 0.304. The Balaban J connectivity index is 3.17. The Morgan fingerprint density at radius 2 is 1.83 bits per heavy atom. The average Bonchev–Trinajstić information content (AvgIpc) is 1.35. The molecule has 0 aromatic carbocycles. The van der Waals surface area contributed by atoms with Crippen molar-refractivity contribution in [3.63, 3.8) is 0 Å². The molecule has 36 valence electrons. The standard InChI is InChI=1S/C4H9NO/c1-4(2,5)6-3/h3H,5H2,1-2H3. The van der Waals surface area contributed by atoms with Crippen molar-refractivity contribution in [2.75, 3.05) is 0 Å². The first kappa shape index (κ1) is 5.92. The zero-order valence-corrected chi connectivity index (χ0v) is 4.06. The highest BCUT2D eigenvalue weighted by molar-refractivity contribution is 4.53. The summed E-state index contributed by atoms with van der Waals surface area (Å²) in [7, 11) is 4.68. The molecule has 2 heteroatoms. The molecule has 0 aliphatic carbocycles. The molecule has 0 aromatic rings. The van der Waals surface area contributed by atoms with Gasteiger partial charge in [0.15, 0.2) is 0 Å². The normalized spacial score (nSPS) is 12.0. The van der Waals surface area contributed by atoms with E-state index in [2.05, 4.69) is 11.8 Å². The molecule has 0 saturated heterocycles. The van der Waals surface area contributed by atoms with Crippen LogP contribution in [0.5, 0.6) is 0 Å². The summed E-state index contributed by atoms with van der Waals surface area (Å²) in [5.74, 6) is 0. The maximum atomic E-state index is 5.19. The van der Waals surface area contributed by atoms with Crippen molar-refractivity contribution in [3.05, 3.63) is 7.11 Å². The summed E-state index contributed by atoms with van der Waals surface area (Å²) in [6, 6.07) is 0. The number of rotatable bonds is 1. The highest BCUT2D eigenvalue weighted by Gasteiger charge is 2.04. The van der Waals surface area contributed by atoms with Gasteiger partial charge in [0.05, 0.1) is 0 Å². The predicted octanol–water partition coefficient (Wildman–Crippen LogP) is 0.366. The average molecular weight is 87.1 g/mol. The van der Waals surface area contributed by atoms with E-state index < -0.39 is 5.72 Å². The van der Waals surface area contributed by atoms with E-state index in [0.29, 0.717) is 0 Å². The number of nitrogens with two attached hydrogens (primary N) is 1. The predicted molar refractivity (Wildman–Crippen MR) is 23.7 cm³/mol. The van der Waals surface area contributed by atoms with Crippen LogP contribution in [0.15, 0.2) is 0 Å². The third-order valence-corrected chi connectivity index (χ3v) is 0.304. The van der Waals surface area contributed by atoms with Gasteiger partial charge in [-0.25, -0.2) is 0 Å². The molecular weight excluding hydrogens is 78.0 g/mol. The summed E-state index contributed by atoms with van der Waals surface area (Å²) in [4.78, 5) is 0. The first-order chi connectivity index (χ1) is 2.56. The molecule has 2 radical (unpaired) electrons. The van der Waals surface area contributed by atoms with Crippen LogP contribution in [0.1, 0.15) is 13.8 Å². The second-order valence-electron chi connectivity index (χ2n) is 1.72. The largest absolute Gasteiger partial charge is 0.353 e. The first-order valence-corrected chi connectivity index (χ1v) is 1.73. The number of ether oxygens (including phenoxy) is 1. The van der Waals surface area contributed by atoms with E-state index in [1.807, 2.05) is 0 Å². The Morgan fingerprint density at radius 1 is 1.67 bits per heavy atom. The monoisotopic (exact) mass is 87.1 g/mol. The van der Waals surface area contributed by atoms with Crippen molar-refractivity contribution in [2.24, 2.45) is 5.73 Å². The summed E-state index contributed by atoms with van der Waals surface area (Å²) in [5, 5.41) is 0. The van der Waals surface area contributed by atoms with Crippen LogP contribution in [-0.4, -0.2) is 5.72 Å². The van der Waals surface area contributed by atoms with Crippen molar-refractivity contribution >= 4 is 0 Å². The van der Waals surface area contributed by atoms with Crippen LogP contribution in [-0.2, 0) is 4.74 Å². The van der Waals surface area contributed by atoms with E-state index >= 15 is 0 Å². The van der Waals surface area contributed by atoms with Crippen LogP contribution in [0.4, 0.5) is 0 Å². The molecule has 0 spiro atoms. The van der Waals surface area contributed by atoms with Crippen molar-refractivity contribution in [3.8, 4) is 0 Å². The minimum atomic E-state index is -0.681. The lowest BCUT2D eigenvalue weighted by atomic mass is 10.3. The van der Waals surface area contributed by atoms with Crippen LogP contribution in [0.2, 0.25) is 0 Å². The molecule has 2 N–H and O–H groups in total. The second kappa shape index (κ2) is 1.58. The van der Waals surface area contributed by atoms with Crippen molar-refractivity contribution in [1.82, 2.24) is 0 Å². The lowest BCUT2D eigenvalue weighted by Crippen LogP contribution is -2.32. The Labute approximate surface area is 38.3 Å². The van der Waals surface area contributed by atoms with E-state index in [9.17, 15) is 0 Å². The maximum Gasteiger partial charge on any atom is 0.118 e. The zero-order valence-electron chi connectivity index (χ0n) is 4.06. The van der Waals surface area contributed by atoms with Gasteiger partial charge in [-0.2, -0.15) is 0 Å². The van der Waals surface area contributed by atoms with Gasteiger partial charge in [0, 0.05) is 0 Å². The lowest BCUT2D eigenvalue weighted by Gasteiger charge is -2.13. The summed E-state index contributed by atoms with van der Waals surface area (Å²) >= 11 is 0. The molecule has 0 aliphatic rings. The molecule has 0 aromatic heterocycles. The van der Waals surface area contributed by atoms with Crippen molar-refractivity contribution in [1.29, 1.82) is 0 Å². The van der Waals surface area contributed by atoms with Crippen LogP contribution >= 0.6 is 0 Å². The zero-order chi connectivity index (χ0) is 5.21. The summed E-state index contributed by atoms with van der Waals surface area (Å²) in [5.41, 5.74) is 4.51. The van der Waals surface area contributed by atoms with Gasteiger partial charge in [-0.05, 0) is 13.8 Å². The maximum absolute atomic E-state index is 5.19. The smallest absolute Gasteiger partial charge is 0.118 e. The van der Waals surface area contributed by atoms with Gasteiger partial charge in [0.2, 0.25) is 0 Å². The molecule has 6 heavy (non-hydrogen) atoms. The molecule has 0 bridgehead atoms. The summed E-state index contributed by atoms with van der Waals surface area (Å²) < 4.78 is 4.22. The van der Waals surface area contributed by atoms with Crippen LogP contribution < -0.4 is 5.73 Å². The van der Waals surface area contributed by atoms with Gasteiger partial charge in [-0.1, -0.05) is 0 Å². The molecule has 0 heterocycles. The van der Waals surface area contributed by atoms with E-state index in [1.54, 1.807) is 13.8 Å². The molecule has 0 aliphatic heterocycles. The van der Waals surface area contributed by atoms with Gasteiger partial charge in [-0.15, -0.1) is 0 Å². The van der Waals surface area contributed by atoms with Crippen molar-refractivity contribution in [2.45, 2.75) is 19.6 Å². The third kappa shape index (κ3) is 3.92. The van der Waals surface area contributed by atoms with Gasteiger partial charge in [0.1, 0.15) is 12.8 Å². The first-order valence-electron chi connectivity index (χ1n) is 1.73. The van der Waals surface area contributed by atoms with Gasteiger partial charge >= 0.3 is 0 Å². The fraction of sp³-hybridized carbons (Fsp3) is 0.750. The van der Waals surface area contributed by atoms with Gasteiger partial charge in [-0.3, -0.25) is 0 Å².